The number of hydrogen-bond donors (Lipinski definition) is 3. The van der Waals surface area contributed by atoms with Gasteiger partial charge in [-0.2, -0.15) is 0 Å². The maximum atomic E-state index is 11.7. The number of hydrogen-bond acceptors (Lipinski definition) is 7. The number of ether oxygens (including phenoxy) is 3. The van der Waals surface area contributed by atoms with Gasteiger partial charge in [0.25, 0.3) is 0 Å². The number of benzene rings is 1. The average Bonchev–Trinajstić information content (AvgIpc) is 2.73. The number of methoxy groups -OCH3 is 1. The standard InChI is InChI=1S/C21H31N3O6.ClH/c1-28-11-12-29-21(27)22-15-7-9-24(10-8-15)13-16(25)14-30-19-4-2-3-18-17(19)5-6-20(26)23-18;/h2-4,15-16,25H,5-14H2,1H3,(H,22,27)(H,23,26);1H. The molecular formula is C21H32ClN3O6. The number of carbonyl (C=O) groups is 2. The van der Waals surface area contributed by atoms with Crippen molar-refractivity contribution in [2.24, 2.45) is 0 Å². The second kappa shape index (κ2) is 12.7. The van der Waals surface area contributed by atoms with E-state index in [1.807, 2.05) is 18.2 Å². The van der Waals surface area contributed by atoms with Crippen LogP contribution in [-0.2, 0) is 20.7 Å². The molecule has 10 heteroatoms. The smallest absolute Gasteiger partial charge is 0.407 e. The van der Waals surface area contributed by atoms with Crippen LogP contribution in [0, 0.1) is 0 Å². The summed E-state index contributed by atoms with van der Waals surface area (Å²) in [5.74, 6) is 0.724. The van der Waals surface area contributed by atoms with Crippen LogP contribution in [0.2, 0.25) is 0 Å². The number of fused-ring (bicyclic) bond motifs is 1. The van der Waals surface area contributed by atoms with Crippen LogP contribution in [-0.4, -0.2) is 80.7 Å². The number of aliphatic hydroxyl groups excluding tert-OH is 1. The summed E-state index contributed by atoms with van der Waals surface area (Å²) in [6.45, 7) is 2.89. The number of carbonyl (C=O) groups excluding carboxylic acids is 2. The van der Waals surface area contributed by atoms with Crippen LogP contribution < -0.4 is 15.4 Å². The van der Waals surface area contributed by atoms with Gasteiger partial charge in [0.05, 0.1) is 6.61 Å². The van der Waals surface area contributed by atoms with Crippen molar-refractivity contribution in [2.45, 2.75) is 37.8 Å². The Hall–Kier alpha value is -2.07. The van der Waals surface area contributed by atoms with Crippen molar-refractivity contribution < 1.29 is 28.9 Å². The summed E-state index contributed by atoms with van der Waals surface area (Å²) in [6, 6.07) is 5.65. The molecule has 0 bridgehead atoms. The fourth-order valence-corrected chi connectivity index (χ4v) is 3.75. The Kier molecular flexibility index (Phi) is 10.3. The van der Waals surface area contributed by atoms with Gasteiger partial charge in [-0.05, 0) is 31.4 Å². The van der Waals surface area contributed by atoms with Crippen LogP contribution in [0.5, 0.6) is 5.75 Å². The van der Waals surface area contributed by atoms with Crippen molar-refractivity contribution >= 4 is 30.1 Å². The molecule has 1 unspecified atom stereocenters. The molecule has 1 atom stereocenters. The number of alkyl carbamates (subject to hydrolysis) is 1. The normalized spacial score (nSPS) is 17.7. The molecule has 1 aromatic rings. The Morgan fingerprint density at radius 2 is 2.06 bits per heavy atom. The lowest BCUT2D eigenvalue weighted by Crippen LogP contribution is -2.47. The number of β-amino-alcohol motifs (C(OH)–C–C–N with tert-alkyl or cyclic N) is 1. The Labute approximate surface area is 188 Å². The summed E-state index contributed by atoms with van der Waals surface area (Å²) in [7, 11) is 1.56. The fraction of sp³-hybridized carbons (Fsp3) is 0.619. The first kappa shape index (κ1) is 25.2. The van der Waals surface area contributed by atoms with E-state index in [0.29, 0.717) is 31.7 Å². The second-order valence-corrected chi connectivity index (χ2v) is 7.64. The maximum absolute atomic E-state index is 11.7. The minimum atomic E-state index is -0.623. The van der Waals surface area contributed by atoms with Gasteiger partial charge in [-0.3, -0.25) is 4.79 Å². The predicted octanol–water partition coefficient (Wildman–Crippen LogP) is 1.57. The molecule has 1 fully saturated rings. The van der Waals surface area contributed by atoms with Crippen molar-refractivity contribution in [1.29, 1.82) is 0 Å². The van der Waals surface area contributed by atoms with E-state index in [1.54, 1.807) is 7.11 Å². The lowest BCUT2D eigenvalue weighted by atomic mass is 10.0. The average molecular weight is 458 g/mol. The molecule has 0 aromatic heterocycles. The first-order chi connectivity index (χ1) is 14.5. The maximum Gasteiger partial charge on any atom is 0.407 e. The Morgan fingerprint density at radius 3 is 2.81 bits per heavy atom. The van der Waals surface area contributed by atoms with Gasteiger partial charge in [-0.25, -0.2) is 4.79 Å². The summed E-state index contributed by atoms with van der Waals surface area (Å²) in [4.78, 5) is 25.4. The van der Waals surface area contributed by atoms with Gasteiger partial charge in [0.2, 0.25) is 5.91 Å². The van der Waals surface area contributed by atoms with Crippen molar-refractivity contribution in [3.63, 3.8) is 0 Å². The molecule has 0 spiro atoms. The van der Waals surface area contributed by atoms with Gasteiger partial charge in [0.15, 0.2) is 0 Å². The van der Waals surface area contributed by atoms with E-state index in [0.717, 1.165) is 37.2 Å². The molecule has 3 rings (SSSR count). The molecule has 2 aliphatic heterocycles. The minimum absolute atomic E-state index is 0. The van der Waals surface area contributed by atoms with Crippen molar-refractivity contribution in [3.8, 4) is 5.75 Å². The van der Waals surface area contributed by atoms with Gasteiger partial charge < -0.3 is 34.9 Å². The zero-order valence-electron chi connectivity index (χ0n) is 17.8. The number of amides is 2. The van der Waals surface area contributed by atoms with Gasteiger partial charge in [-0.1, -0.05) is 6.07 Å². The molecule has 1 saturated heterocycles. The molecule has 0 aliphatic carbocycles. The predicted molar refractivity (Wildman–Crippen MR) is 118 cm³/mol. The molecule has 0 saturated carbocycles. The van der Waals surface area contributed by atoms with Crippen LogP contribution in [0.4, 0.5) is 10.5 Å². The third kappa shape index (κ3) is 7.84. The van der Waals surface area contributed by atoms with Crippen LogP contribution >= 0.6 is 12.4 Å². The van der Waals surface area contributed by atoms with Crippen LogP contribution in [0.3, 0.4) is 0 Å². The van der Waals surface area contributed by atoms with Gasteiger partial charge in [-0.15, -0.1) is 12.4 Å². The van der Waals surface area contributed by atoms with Crippen LogP contribution in [0.1, 0.15) is 24.8 Å². The van der Waals surface area contributed by atoms with Crippen molar-refractivity contribution in [3.05, 3.63) is 23.8 Å². The van der Waals surface area contributed by atoms with E-state index in [2.05, 4.69) is 15.5 Å². The molecule has 31 heavy (non-hydrogen) atoms. The third-order valence-corrected chi connectivity index (χ3v) is 5.34. The Bertz CT molecular complexity index is 727. The summed E-state index contributed by atoms with van der Waals surface area (Å²) in [5.41, 5.74) is 1.77. The van der Waals surface area contributed by atoms with E-state index in [4.69, 9.17) is 14.2 Å². The number of halogens is 1. The topological polar surface area (TPSA) is 109 Å². The first-order valence-electron chi connectivity index (χ1n) is 10.4. The molecule has 1 aromatic carbocycles. The van der Waals surface area contributed by atoms with Gasteiger partial charge in [0, 0.05) is 50.5 Å². The minimum Gasteiger partial charge on any atom is -0.490 e. The lowest BCUT2D eigenvalue weighted by Gasteiger charge is -2.33. The molecule has 2 amide bonds. The van der Waals surface area contributed by atoms with Crippen molar-refractivity contribution in [2.75, 3.05) is 51.9 Å². The zero-order valence-corrected chi connectivity index (χ0v) is 18.6. The number of nitrogens with zero attached hydrogens (tertiary/aromatic N) is 1. The van der Waals surface area contributed by atoms with Gasteiger partial charge in [0.1, 0.15) is 25.1 Å². The first-order valence-corrected chi connectivity index (χ1v) is 10.4. The van der Waals surface area contributed by atoms with Crippen LogP contribution in [0.15, 0.2) is 18.2 Å². The van der Waals surface area contributed by atoms with E-state index in [-0.39, 0.29) is 37.6 Å². The van der Waals surface area contributed by atoms with Gasteiger partial charge >= 0.3 is 6.09 Å². The fourth-order valence-electron chi connectivity index (χ4n) is 3.75. The number of nitrogens with one attached hydrogen (secondary N) is 2. The Balaban J connectivity index is 0.00000341. The highest BCUT2D eigenvalue weighted by Gasteiger charge is 2.23. The van der Waals surface area contributed by atoms with Crippen LogP contribution in [0.25, 0.3) is 0 Å². The zero-order chi connectivity index (χ0) is 21.3. The summed E-state index contributed by atoms with van der Waals surface area (Å²) in [5, 5.41) is 16.1. The molecule has 174 valence electrons. The molecule has 9 nitrogen and oxygen atoms in total. The largest absolute Gasteiger partial charge is 0.490 e. The molecule has 3 N–H and O–H groups in total. The molecule has 2 heterocycles. The molecule has 0 radical (unpaired) electrons. The summed E-state index contributed by atoms with van der Waals surface area (Å²) < 4.78 is 15.7. The monoisotopic (exact) mass is 457 g/mol. The van der Waals surface area contributed by atoms with E-state index in [9.17, 15) is 14.7 Å². The second-order valence-electron chi connectivity index (χ2n) is 7.64. The summed E-state index contributed by atoms with van der Waals surface area (Å²) in [6.07, 6.45) is 1.65. The highest BCUT2D eigenvalue weighted by atomic mass is 35.5. The van der Waals surface area contributed by atoms with Crippen molar-refractivity contribution in [1.82, 2.24) is 10.2 Å². The summed E-state index contributed by atoms with van der Waals surface area (Å²) >= 11 is 0. The Morgan fingerprint density at radius 1 is 1.29 bits per heavy atom. The highest BCUT2D eigenvalue weighted by Crippen LogP contribution is 2.31. The number of piperidine rings is 1. The quantitative estimate of drug-likeness (QED) is 0.483. The van der Waals surface area contributed by atoms with E-state index < -0.39 is 12.2 Å². The van der Waals surface area contributed by atoms with E-state index >= 15 is 0 Å². The highest BCUT2D eigenvalue weighted by molar-refractivity contribution is 5.94. The number of anilines is 1. The third-order valence-electron chi connectivity index (χ3n) is 5.34. The van der Waals surface area contributed by atoms with E-state index in [1.165, 1.54) is 0 Å². The number of rotatable bonds is 9. The number of aliphatic hydroxyl groups is 1. The lowest BCUT2D eigenvalue weighted by molar-refractivity contribution is -0.116. The number of likely N-dealkylation sites (tertiary alicyclic amines) is 1. The molecule has 2 aliphatic rings. The SMILES string of the molecule is COCCOC(=O)NC1CCN(CC(O)COc2cccc3c2CCC(=O)N3)CC1.Cl. The molecular weight excluding hydrogens is 426 g/mol.